The van der Waals surface area contributed by atoms with E-state index in [2.05, 4.69) is 32.3 Å². The molecule has 0 unspecified atom stereocenters. The molecule has 32 heavy (non-hydrogen) atoms. The van der Waals surface area contributed by atoms with E-state index in [1.807, 2.05) is 61.1 Å². The van der Waals surface area contributed by atoms with Crippen LogP contribution in [0.25, 0.3) is 5.69 Å². The molecule has 8 heteroatoms. The molecule has 0 fully saturated rings. The highest BCUT2D eigenvalue weighted by Crippen LogP contribution is 2.37. The van der Waals surface area contributed by atoms with Crippen molar-refractivity contribution in [2.45, 2.75) is 13.0 Å². The van der Waals surface area contributed by atoms with E-state index in [9.17, 15) is 0 Å². The van der Waals surface area contributed by atoms with E-state index in [0.29, 0.717) is 18.3 Å². The number of nitrogens with one attached hydrogen (secondary N) is 1. The fourth-order valence-electron chi connectivity index (χ4n) is 3.85. The molecule has 3 heterocycles. The third-order valence-corrected chi connectivity index (χ3v) is 5.54. The quantitative estimate of drug-likeness (QED) is 0.508. The molecular weight excluding hydrogens is 404 g/mol. The minimum Gasteiger partial charge on any atom is -0.494 e. The Morgan fingerprint density at radius 2 is 1.97 bits per heavy atom. The second kappa shape index (κ2) is 8.22. The molecule has 4 aromatic rings. The van der Waals surface area contributed by atoms with E-state index in [0.717, 1.165) is 28.6 Å². The Labute approximate surface area is 186 Å². The van der Waals surface area contributed by atoms with Gasteiger partial charge in [0.1, 0.15) is 12.4 Å². The summed E-state index contributed by atoms with van der Waals surface area (Å²) in [6, 6.07) is 16.2. The van der Waals surface area contributed by atoms with Gasteiger partial charge < -0.3 is 24.3 Å². The maximum Gasteiger partial charge on any atom is 0.229 e. The van der Waals surface area contributed by atoms with Crippen molar-refractivity contribution in [3.8, 4) is 17.2 Å². The lowest BCUT2D eigenvalue weighted by Gasteiger charge is -2.34. The minimum absolute atomic E-state index is 0.0875. The summed E-state index contributed by atoms with van der Waals surface area (Å²) in [5, 5.41) is 3.28. The van der Waals surface area contributed by atoms with E-state index < -0.39 is 0 Å². The lowest BCUT2D eigenvalue weighted by Crippen LogP contribution is -2.34. The Morgan fingerprint density at radius 1 is 1.12 bits per heavy atom. The zero-order chi connectivity index (χ0) is 22.1. The molecule has 1 aliphatic rings. The summed E-state index contributed by atoms with van der Waals surface area (Å²) in [4.78, 5) is 15.6. The third-order valence-electron chi connectivity index (χ3n) is 5.54. The smallest absolute Gasteiger partial charge is 0.229 e. The number of anilines is 3. The van der Waals surface area contributed by atoms with Crippen molar-refractivity contribution in [1.29, 1.82) is 0 Å². The largest absolute Gasteiger partial charge is 0.494 e. The normalized spacial score (nSPS) is 15.1. The molecular formula is C24H24N6O2. The van der Waals surface area contributed by atoms with Crippen LogP contribution in [0.2, 0.25) is 0 Å². The Morgan fingerprint density at radius 3 is 2.72 bits per heavy atom. The number of aryl methyl sites for hydroxylation is 1. The van der Waals surface area contributed by atoms with Gasteiger partial charge in [-0.05, 0) is 24.6 Å². The maximum atomic E-state index is 5.95. The molecule has 0 spiro atoms. The van der Waals surface area contributed by atoms with Gasteiger partial charge in [-0.2, -0.15) is 4.98 Å². The molecule has 5 rings (SSSR count). The first-order valence-corrected chi connectivity index (χ1v) is 10.4. The van der Waals surface area contributed by atoms with Crippen molar-refractivity contribution < 1.29 is 9.47 Å². The average molecular weight is 428 g/mol. The highest BCUT2D eigenvalue weighted by Gasteiger charge is 2.28. The first-order chi connectivity index (χ1) is 15.6. The molecule has 0 bridgehead atoms. The summed E-state index contributed by atoms with van der Waals surface area (Å²) in [6.07, 6.45) is 5.44. The van der Waals surface area contributed by atoms with Crippen LogP contribution >= 0.6 is 0 Å². The van der Waals surface area contributed by atoms with Crippen molar-refractivity contribution in [3.05, 3.63) is 78.5 Å². The van der Waals surface area contributed by atoms with Crippen molar-refractivity contribution in [3.63, 3.8) is 0 Å². The number of ether oxygens (including phenoxy) is 2. The average Bonchev–Trinajstić information content (AvgIpc) is 3.26. The van der Waals surface area contributed by atoms with Gasteiger partial charge in [-0.15, -0.1) is 0 Å². The standard InChI is InChI=1S/C24H24N6O2/c1-16-13-30(15-26-16)19-10-9-18(11-21(19)31-3)27-24-25-12-22-23(28-24)29(2)20(14-32-22)17-7-5-4-6-8-17/h4-13,15,20H,14H2,1-3H3,(H,25,27,28)/t20-/m0/s1. The molecule has 0 amide bonds. The second-order valence-corrected chi connectivity index (χ2v) is 7.66. The van der Waals surface area contributed by atoms with E-state index in [-0.39, 0.29) is 6.04 Å². The highest BCUT2D eigenvalue weighted by atomic mass is 16.5. The maximum absolute atomic E-state index is 5.95. The topological polar surface area (TPSA) is 77.3 Å². The van der Waals surface area contributed by atoms with Gasteiger partial charge in [0.05, 0.1) is 37.1 Å². The Hall–Kier alpha value is -4.07. The molecule has 0 radical (unpaired) electrons. The predicted molar refractivity (Wildman–Crippen MR) is 123 cm³/mol. The lowest BCUT2D eigenvalue weighted by atomic mass is 10.1. The first kappa shape index (κ1) is 19.9. The summed E-state index contributed by atoms with van der Waals surface area (Å²) in [5.41, 5.74) is 3.85. The number of methoxy groups -OCH3 is 1. The van der Waals surface area contributed by atoms with Gasteiger partial charge in [0.2, 0.25) is 5.95 Å². The molecule has 162 valence electrons. The van der Waals surface area contributed by atoms with Gasteiger partial charge in [0.15, 0.2) is 11.6 Å². The molecule has 1 aliphatic heterocycles. The van der Waals surface area contributed by atoms with Gasteiger partial charge in [-0.1, -0.05) is 30.3 Å². The van der Waals surface area contributed by atoms with Crippen LogP contribution in [0.4, 0.5) is 17.5 Å². The van der Waals surface area contributed by atoms with Crippen LogP contribution in [-0.2, 0) is 0 Å². The summed E-state index contributed by atoms with van der Waals surface area (Å²) in [6.45, 7) is 2.51. The van der Waals surface area contributed by atoms with Gasteiger partial charge >= 0.3 is 0 Å². The van der Waals surface area contributed by atoms with E-state index in [1.54, 1.807) is 19.6 Å². The Balaban J connectivity index is 1.41. The molecule has 1 atom stereocenters. The van der Waals surface area contributed by atoms with Gasteiger partial charge in [0, 0.05) is 25.0 Å². The van der Waals surface area contributed by atoms with Crippen LogP contribution in [0.15, 0.2) is 67.3 Å². The SMILES string of the molecule is COc1cc(Nc2ncc3c(n2)N(C)[C@H](c2ccccc2)CO3)ccc1-n1cnc(C)c1. The fraction of sp³-hybridized carbons (Fsp3) is 0.208. The summed E-state index contributed by atoms with van der Waals surface area (Å²) in [7, 11) is 3.68. The Bertz CT molecular complexity index is 1240. The number of likely N-dealkylation sites (N-methyl/N-ethyl adjacent to an activating group) is 1. The van der Waals surface area contributed by atoms with Gasteiger partial charge in [0.25, 0.3) is 0 Å². The van der Waals surface area contributed by atoms with Crippen molar-refractivity contribution in [2.75, 3.05) is 31.0 Å². The van der Waals surface area contributed by atoms with Crippen molar-refractivity contribution >= 4 is 17.5 Å². The van der Waals surface area contributed by atoms with Crippen LogP contribution in [0.1, 0.15) is 17.3 Å². The van der Waals surface area contributed by atoms with Crippen LogP contribution < -0.4 is 19.7 Å². The summed E-state index contributed by atoms with van der Waals surface area (Å²) in [5.74, 6) is 2.63. The monoisotopic (exact) mass is 428 g/mol. The molecule has 1 N–H and O–H groups in total. The first-order valence-electron chi connectivity index (χ1n) is 10.4. The van der Waals surface area contributed by atoms with Crippen LogP contribution in [0.3, 0.4) is 0 Å². The number of hydrogen-bond donors (Lipinski definition) is 1. The molecule has 0 saturated carbocycles. The number of aromatic nitrogens is 4. The van der Waals surface area contributed by atoms with Crippen LogP contribution in [-0.4, -0.2) is 40.3 Å². The van der Waals surface area contributed by atoms with Crippen LogP contribution in [0.5, 0.6) is 11.5 Å². The molecule has 2 aromatic heterocycles. The fourth-order valence-corrected chi connectivity index (χ4v) is 3.85. The number of nitrogens with zero attached hydrogens (tertiary/aromatic N) is 5. The predicted octanol–water partition coefficient (Wildman–Crippen LogP) is 4.29. The van der Waals surface area contributed by atoms with Crippen LogP contribution in [0, 0.1) is 6.92 Å². The zero-order valence-electron chi connectivity index (χ0n) is 18.2. The molecule has 8 nitrogen and oxygen atoms in total. The van der Waals surface area contributed by atoms with Gasteiger partial charge in [-0.3, -0.25) is 0 Å². The van der Waals surface area contributed by atoms with E-state index in [1.165, 1.54) is 5.56 Å². The summed E-state index contributed by atoms with van der Waals surface area (Å²) >= 11 is 0. The molecule has 2 aromatic carbocycles. The Kier molecular flexibility index (Phi) is 5.10. The van der Waals surface area contributed by atoms with Crippen molar-refractivity contribution in [2.24, 2.45) is 0 Å². The summed E-state index contributed by atoms with van der Waals surface area (Å²) < 4.78 is 13.5. The van der Waals surface area contributed by atoms with Gasteiger partial charge in [-0.25, -0.2) is 9.97 Å². The number of fused-ring (bicyclic) bond motifs is 1. The van der Waals surface area contributed by atoms with E-state index >= 15 is 0 Å². The zero-order valence-corrected chi connectivity index (χ0v) is 18.2. The van der Waals surface area contributed by atoms with E-state index in [4.69, 9.17) is 14.5 Å². The number of imidazole rings is 1. The van der Waals surface area contributed by atoms with Crippen molar-refractivity contribution in [1.82, 2.24) is 19.5 Å². The second-order valence-electron chi connectivity index (χ2n) is 7.66. The number of hydrogen-bond acceptors (Lipinski definition) is 7. The lowest BCUT2D eigenvalue weighted by molar-refractivity contribution is 0.265. The molecule has 0 aliphatic carbocycles. The highest BCUT2D eigenvalue weighted by molar-refractivity contribution is 5.64. The number of rotatable bonds is 5. The number of benzene rings is 2. The third kappa shape index (κ3) is 3.71. The minimum atomic E-state index is 0.0875. The molecule has 0 saturated heterocycles.